The minimum Gasteiger partial charge on any atom is -0.311 e. The van der Waals surface area contributed by atoms with E-state index in [0.717, 1.165) is 19.0 Å². The fraction of sp³-hybridized carbons (Fsp3) is 0.824. The van der Waals surface area contributed by atoms with Crippen LogP contribution in [0, 0.1) is 5.92 Å². The van der Waals surface area contributed by atoms with E-state index in [1.807, 2.05) is 0 Å². The fourth-order valence-corrected chi connectivity index (χ4v) is 3.47. The summed E-state index contributed by atoms with van der Waals surface area (Å²) in [6, 6.07) is 4.03. The van der Waals surface area contributed by atoms with Crippen molar-refractivity contribution in [2.75, 3.05) is 13.1 Å². The summed E-state index contributed by atoms with van der Waals surface area (Å²) in [4.78, 5) is 2.68. The zero-order chi connectivity index (χ0) is 14.8. The third-order valence-electron chi connectivity index (χ3n) is 4.93. The monoisotopic (exact) mass is 290 g/mol. The second-order valence-corrected chi connectivity index (χ2v) is 7.10. The maximum absolute atomic E-state index is 4.74. The Kier molecular flexibility index (Phi) is 4.65. The van der Waals surface area contributed by atoms with Crippen LogP contribution in [-0.2, 0) is 6.54 Å². The molecule has 1 aromatic rings. The van der Waals surface area contributed by atoms with Crippen molar-refractivity contribution in [3.05, 3.63) is 18.0 Å². The van der Waals surface area contributed by atoms with Gasteiger partial charge in [-0.3, -0.25) is 9.58 Å². The average Bonchev–Trinajstić information content (AvgIpc) is 3.20. The Morgan fingerprint density at radius 2 is 2.19 bits per heavy atom. The third kappa shape index (κ3) is 3.67. The van der Waals surface area contributed by atoms with Gasteiger partial charge in [0.05, 0.1) is 5.69 Å². The van der Waals surface area contributed by atoms with Crippen molar-refractivity contribution in [1.29, 1.82) is 0 Å². The molecule has 1 saturated heterocycles. The highest BCUT2D eigenvalue weighted by Gasteiger charge is 2.36. The molecule has 3 rings (SSSR count). The molecule has 1 aliphatic heterocycles. The molecule has 0 aromatic carbocycles. The Morgan fingerprint density at radius 3 is 2.81 bits per heavy atom. The highest BCUT2D eigenvalue weighted by Crippen LogP contribution is 2.34. The predicted molar refractivity (Wildman–Crippen MR) is 86.2 cm³/mol. The predicted octanol–water partition coefficient (Wildman–Crippen LogP) is 2.82. The van der Waals surface area contributed by atoms with E-state index in [1.165, 1.54) is 37.9 Å². The molecule has 1 saturated carbocycles. The van der Waals surface area contributed by atoms with Gasteiger partial charge in [0, 0.05) is 44.0 Å². The lowest BCUT2D eigenvalue weighted by atomic mass is 10.0. The quantitative estimate of drug-likeness (QED) is 0.874. The van der Waals surface area contributed by atoms with E-state index in [4.69, 9.17) is 5.10 Å². The fourth-order valence-electron chi connectivity index (χ4n) is 3.47. The van der Waals surface area contributed by atoms with Crippen LogP contribution in [0.25, 0.3) is 0 Å². The lowest BCUT2D eigenvalue weighted by Crippen LogP contribution is -2.56. The molecule has 2 fully saturated rings. The zero-order valence-corrected chi connectivity index (χ0v) is 13.8. The van der Waals surface area contributed by atoms with Gasteiger partial charge < -0.3 is 5.32 Å². The number of aromatic nitrogens is 2. The molecule has 2 atom stereocenters. The number of hydrogen-bond donors (Lipinski definition) is 1. The number of nitrogens with zero attached hydrogens (tertiary/aromatic N) is 3. The smallest absolute Gasteiger partial charge is 0.0765 e. The molecule has 0 bridgehead atoms. The topological polar surface area (TPSA) is 33.1 Å². The molecule has 0 spiro atoms. The third-order valence-corrected chi connectivity index (χ3v) is 4.93. The summed E-state index contributed by atoms with van der Waals surface area (Å²) >= 11 is 0. The van der Waals surface area contributed by atoms with Crippen LogP contribution in [0.5, 0.6) is 0 Å². The van der Waals surface area contributed by atoms with Crippen molar-refractivity contribution in [3.63, 3.8) is 0 Å². The van der Waals surface area contributed by atoms with Crippen molar-refractivity contribution in [2.24, 2.45) is 5.92 Å². The molecule has 0 radical (unpaired) electrons. The molecule has 2 aliphatic rings. The number of piperazine rings is 1. The van der Waals surface area contributed by atoms with Gasteiger partial charge in [-0.25, -0.2) is 0 Å². The summed E-state index contributed by atoms with van der Waals surface area (Å²) in [5.74, 6) is 0.934. The van der Waals surface area contributed by atoms with Crippen molar-refractivity contribution < 1.29 is 0 Å². The van der Waals surface area contributed by atoms with Gasteiger partial charge in [-0.15, -0.1) is 0 Å². The summed E-state index contributed by atoms with van der Waals surface area (Å²) in [7, 11) is 0. The molecular formula is C17H30N4. The summed E-state index contributed by atoms with van der Waals surface area (Å²) in [5, 5.41) is 8.53. The van der Waals surface area contributed by atoms with E-state index in [1.54, 1.807) is 0 Å². The van der Waals surface area contributed by atoms with Crippen LogP contribution in [0.2, 0.25) is 0 Å². The first-order chi connectivity index (χ1) is 10.2. The number of nitrogens with one attached hydrogen (secondary N) is 1. The molecular weight excluding hydrogens is 260 g/mol. The van der Waals surface area contributed by atoms with Gasteiger partial charge in [-0.2, -0.15) is 5.10 Å². The van der Waals surface area contributed by atoms with E-state index in [9.17, 15) is 0 Å². The van der Waals surface area contributed by atoms with Crippen molar-refractivity contribution in [2.45, 2.75) is 71.1 Å². The van der Waals surface area contributed by atoms with Gasteiger partial charge in [0.2, 0.25) is 0 Å². The zero-order valence-electron chi connectivity index (χ0n) is 13.8. The lowest BCUT2D eigenvalue weighted by molar-refractivity contribution is 0.106. The van der Waals surface area contributed by atoms with Crippen LogP contribution in [0.1, 0.15) is 58.2 Å². The van der Waals surface area contributed by atoms with E-state index in [-0.39, 0.29) is 0 Å². The molecule has 4 nitrogen and oxygen atoms in total. The highest BCUT2D eigenvalue weighted by molar-refractivity contribution is 5.02. The van der Waals surface area contributed by atoms with Crippen LogP contribution in [0.15, 0.2) is 12.3 Å². The normalized spacial score (nSPS) is 27.4. The largest absolute Gasteiger partial charge is 0.311 e. The molecule has 118 valence electrons. The molecule has 1 aromatic heterocycles. The van der Waals surface area contributed by atoms with Gasteiger partial charge in [-0.05, 0) is 45.1 Å². The molecule has 1 aliphatic carbocycles. The van der Waals surface area contributed by atoms with Crippen molar-refractivity contribution >= 4 is 0 Å². The number of rotatable bonds is 6. The number of hydrogen-bond acceptors (Lipinski definition) is 3. The van der Waals surface area contributed by atoms with E-state index >= 15 is 0 Å². The van der Waals surface area contributed by atoms with Crippen molar-refractivity contribution in [1.82, 2.24) is 20.0 Å². The van der Waals surface area contributed by atoms with E-state index < -0.39 is 0 Å². The minimum absolute atomic E-state index is 0.451. The van der Waals surface area contributed by atoms with Crippen LogP contribution < -0.4 is 5.32 Å². The first-order valence-corrected chi connectivity index (χ1v) is 8.68. The van der Waals surface area contributed by atoms with Crippen LogP contribution >= 0.6 is 0 Å². The molecule has 0 amide bonds. The lowest BCUT2D eigenvalue weighted by Gasteiger charge is -2.40. The first-order valence-electron chi connectivity index (χ1n) is 8.68. The molecule has 2 unspecified atom stereocenters. The Morgan fingerprint density at radius 1 is 1.38 bits per heavy atom. The average molecular weight is 290 g/mol. The van der Waals surface area contributed by atoms with Gasteiger partial charge in [0.15, 0.2) is 0 Å². The Labute approximate surface area is 128 Å². The second-order valence-electron chi connectivity index (χ2n) is 7.10. The van der Waals surface area contributed by atoms with Crippen molar-refractivity contribution in [3.8, 4) is 0 Å². The standard InChI is InChI=1S/C17H30N4/c1-4-5-16-10-18-17(14-6-7-14)12-20(16)11-15-8-9-21(19-15)13(2)3/h8-9,13-14,16-18H,4-7,10-12H2,1-3H3. The summed E-state index contributed by atoms with van der Waals surface area (Å²) in [6.45, 7) is 10.0. The summed E-state index contributed by atoms with van der Waals surface area (Å²) in [5.41, 5.74) is 1.22. The Hall–Kier alpha value is -0.870. The minimum atomic E-state index is 0.451. The maximum Gasteiger partial charge on any atom is 0.0765 e. The van der Waals surface area contributed by atoms with Crippen LogP contribution in [-0.4, -0.2) is 39.9 Å². The van der Waals surface area contributed by atoms with Gasteiger partial charge in [0.1, 0.15) is 0 Å². The van der Waals surface area contributed by atoms with Crippen LogP contribution in [0.4, 0.5) is 0 Å². The van der Waals surface area contributed by atoms with Gasteiger partial charge in [-0.1, -0.05) is 13.3 Å². The van der Waals surface area contributed by atoms with E-state index in [2.05, 4.69) is 47.9 Å². The van der Waals surface area contributed by atoms with Crippen LogP contribution in [0.3, 0.4) is 0 Å². The maximum atomic E-state index is 4.74. The summed E-state index contributed by atoms with van der Waals surface area (Å²) < 4.78 is 2.07. The molecule has 21 heavy (non-hydrogen) atoms. The van der Waals surface area contributed by atoms with Gasteiger partial charge in [0.25, 0.3) is 0 Å². The second kappa shape index (κ2) is 6.49. The first kappa shape index (κ1) is 15.0. The SMILES string of the molecule is CCCC1CNC(C2CC2)CN1Cc1ccn(C(C)C)n1. The Balaban J connectivity index is 1.65. The summed E-state index contributed by atoms with van der Waals surface area (Å²) in [6.07, 6.45) is 7.51. The Bertz CT molecular complexity index is 449. The molecule has 2 heterocycles. The highest BCUT2D eigenvalue weighted by atomic mass is 15.3. The molecule has 1 N–H and O–H groups in total. The van der Waals surface area contributed by atoms with E-state index in [0.29, 0.717) is 18.1 Å². The van der Waals surface area contributed by atoms with Gasteiger partial charge >= 0.3 is 0 Å². The molecule has 4 heteroatoms.